The largest absolute Gasteiger partial charge is 0.354 e. The Morgan fingerprint density at radius 1 is 0.974 bits per heavy atom. The second kappa shape index (κ2) is 14.1. The monoisotopic (exact) mass is 711 g/mol. The molecule has 0 aliphatic heterocycles. The Hall–Kier alpha value is -2.44. The van der Waals surface area contributed by atoms with E-state index in [4.69, 9.17) is 0 Å². The van der Waals surface area contributed by atoms with Crippen LogP contribution in [0.5, 0.6) is 0 Å². The zero-order valence-corrected chi connectivity index (χ0v) is 25.9. The number of nitrogens with one attached hydrogen (secondary N) is 1. The topological polar surface area (TPSA) is 86.8 Å². The summed E-state index contributed by atoms with van der Waals surface area (Å²) in [5, 5.41) is 2.89. The van der Waals surface area contributed by atoms with E-state index in [2.05, 4.69) is 43.8 Å². The SMILES string of the molecule is CCCCNC(=O)[C@H](C)N(Cc1ccc(Br)cc1)C(=O)CN(c1ccc(I)cc1)S(=O)(=O)c1ccccc1. The molecular formula is C28H31BrIN3O4S. The maximum absolute atomic E-state index is 13.8. The molecule has 10 heteroatoms. The van der Waals surface area contributed by atoms with Crippen molar-refractivity contribution in [2.24, 2.45) is 0 Å². The lowest BCUT2D eigenvalue weighted by Gasteiger charge is -2.32. The van der Waals surface area contributed by atoms with Gasteiger partial charge in [0.2, 0.25) is 11.8 Å². The highest BCUT2D eigenvalue weighted by atomic mass is 127. The second-order valence-electron chi connectivity index (χ2n) is 8.77. The van der Waals surface area contributed by atoms with Crippen molar-refractivity contribution < 1.29 is 18.0 Å². The van der Waals surface area contributed by atoms with E-state index >= 15 is 0 Å². The third-order valence-corrected chi connectivity index (χ3v) is 9.02. The Morgan fingerprint density at radius 3 is 2.21 bits per heavy atom. The average Bonchev–Trinajstić information content (AvgIpc) is 2.92. The molecule has 0 aromatic heterocycles. The standard InChI is InChI=1S/C28H31BrIN3O4S/c1-3-4-18-31-28(35)21(2)32(19-22-10-12-23(29)13-11-22)27(34)20-33(25-16-14-24(30)15-17-25)38(36,37)26-8-6-5-7-9-26/h5-17,21H,3-4,18-20H2,1-2H3,(H,31,35)/t21-/m0/s1. The molecule has 1 atom stereocenters. The van der Waals surface area contributed by atoms with Crippen LogP contribution < -0.4 is 9.62 Å². The number of hydrogen-bond acceptors (Lipinski definition) is 4. The number of halogens is 2. The quantitative estimate of drug-likeness (QED) is 0.196. The molecule has 0 aliphatic rings. The Labute approximate surface area is 246 Å². The van der Waals surface area contributed by atoms with Gasteiger partial charge in [-0.15, -0.1) is 0 Å². The molecule has 0 unspecified atom stereocenters. The van der Waals surface area contributed by atoms with Crippen LogP contribution in [0.1, 0.15) is 32.3 Å². The second-order valence-corrected chi connectivity index (χ2v) is 12.8. The fourth-order valence-electron chi connectivity index (χ4n) is 3.76. The van der Waals surface area contributed by atoms with E-state index in [-0.39, 0.29) is 17.3 Å². The van der Waals surface area contributed by atoms with E-state index < -0.39 is 28.5 Å². The van der Waals surface area contributed by atoms with E-state index in [1.165, 1.54) is 17.0 Å². The molecule has 0 heterocycles. The van der Waals surface area contributed by atoms with Gasteiger partial charge in [0.05, 0.1) is 10.6 Å². The summed E-state index contributed by atoms with van der Waals surface area (Å²) in [6.07, 6.45) is 1.76. The molecule has 0 fully saturated rings. The van der Waals surface area contributed by atoms with Crippen LogP contribution in [-0.4, -0.2) is 44.3 Å². The van der Waals surface area contributed by atoms with Crippen molar-refractivity contribution in [1.82, 2.24) is 10.2 Å². The normalized spacial score (nSPS) is 12.0. The predicted molar refractivity (Wildman–Crippen MR) is 162 cm³/mol. The van der Waals surface area contributed by atoms with E-state index in [1.54, 1.807) is 49.4 Å². The van der Waals surface area contributed by atoms with Gasteiger partial charge in [-0.25, -0.2) is 8.42 Å². The highest BCUT2D eigenvalue weighted by Crippen LogP contribution is 2.25. The molecule has 3 rings (SSSR count). The number of carbonyl (C=O) groups excluding carboxylic acids is 2. The smallest absolute Gasteiger partial charge is 0.264 e. The van der Waals surface area contributed by atoms with Gasteiger partial charge >= 0.3 is 0 Å². The van der Waals surface area contributed by atoms with Gasteiger partial charge in [-0.3, -0.25) is 13.9 Å². The lowest BCUT2D eigenvalue weighted by Crippen LogP contribution is -2.51. The molecule has 3 aromatic rings. The van der Waals surface area contributed by atoms with Crippen LogP contribution in [-0.2, 0) is 26.2 Å². The van der Waals surface area contributed by atoms with Crippen LogP contribution in [0.4, 0.5) is 5.69 Å². The van der Waals surface area contributed by atoms with E-state index in [1.807, 2.05) is 31.2 Å². The van der Waals surface area contributed by atoms with E-state index in [9.17, 15) is 18.0 Å². The van der Waals surface area contributed by atoms with Gasteiger partial charge in [0.15, 0.2) is 0 Å². The number of anilines is 1. The summed E-state index contributed by atoms with van der Waals surface area (Å²) in [5.41, 5.74) is 1.19. The number of nitrogens with zero attached hydrogens (tertiary/aromatic N) is 2. The molecule has 7 nitrogen and oxygen atoms in total. The van der Waals surface area contributed by atoms with Gasteiger partial charge in [0.1, 0.15) is 12.6 Å². The van der Waals surface area contributed by atoms with Crippen molar-refractivity contribution >= 4 is 66.0 Å². The third-order valence-electron chi connectivity index (χ3n) is 5.99. The summed E-state index contributed by atoms with van der Waals surface area (Å²) < 4.78 is 30.4. The number of sulfonamides is 1. The number of unbranched alkanes of at least 4 members (excludes halogenated alkanes) is 1. The fourth-order valence-corrected chi connectivity index (χ4v) is 5.82. The van der Waals surface area contributed by atoms with Crippen molar-refractivity contribution in [3.05, 3.63) is 92.5 Å². The van der Waals surface area contributed by atoms with Crippen molar-refractivity contribution in [2.75, 3.05) is 17.4 Å². The molecule has 0 bridgehead atoms. The molecule has 0 saturated heterocycles. The zero-order chi connectivity index (χ0) is 27.7. The highest BCUT2D eigenvalue weighted by Gasteiger charge is 2.32. The summed E-state index contributed by atoms with van der Waals surface area (Å²) in [5.74, 6) is -0.764. The van der Waals surface area contributed by atoms with Crippen LogP contribution >= 0.6 is 38.5 Å². The number of hydrogen-bond donors (Lipinski definition) is 1. The molecule has 0 spiro atoms. The molecule has 38 heavy (non-hydrogen) atoms. The minimum Gasteiger partial charge on any atom is -0.354 e. The minimum absolute atomic E-state index is 0.0798. The van der Waals surface area contributed by atoms with Crippen molar-refractivity contribution in [2.45, 2.75) is 44.2 Å². The number of rotatable bonds is 12. The Balaban J connectivity index is 1.97. The number of benzene rings is 3. The molecule has 202 valence electrons. The Morgan fingerprint density at radius 2 is 1.61 bits per heavy atom. The van der Waals surface area contributed by atoms with E-state index in [0.717, 1.165) is 30.8 Å². The molecule has 2 amide bonds. The lowest BCUT2D eigenvalue weighted by molar-refractivity contribution is -0.139. The molecule has 0 aliphatic carbocycles. The molecule has 1 N–H and O–H groups in total. The van der Waals surface area contributed by atoms with Crippen LogP contribution in [0.2, 0.25) is 0 Å². The Kier molecular flexibility index (Phi) is 11.2. The summed E-state index contributed by atoms with van der Waals surface area (Å²) in [4.78, 5) is 28.3. The molecule has 3 aromatic carbocycles. The van der Waals surface area contributed by atoms with Crippen molar-refractivity contribution in [1.29, 1.82) is 0 Å². The molecule has 0 saturated carbocycles. The van der Waals surface area contributed by atoms with Crippen molar-refractivity contribution in [3.63, 3.8) is 0 Å². The lowest BCUT2D eigenvalue weighted by atomic mass is 10.1. The van der Waals surface area contributed by atoms with Gasteiger partial charge in [-0.1, -0.05) is 59.6 Å². The number of amides is 2. The van der Waals surface area contributed by atoms with Crippen LogP contribution in [0.25, 0.3) is 0 Å². The van der Waals surface area contributed by atoms with Crippen LogP contribution in [0, 0.1) is 3.57 Å². The molecule has 0 radical (unpaired) electrons. The van der Waals surface area contributed by atoms with E-state index in [0.29, 0.717) is 12.2 Å². The van der Waals surface area contributed by atoms with Gasteiger partial charge in [0.25, 0.3) is 10.0 Å². The van der Waals surface area contributed by atoms with Gasteiger partial charge in [0, 0.05) is 21.1 Å². The first kappa shape index (κ1) is 30.1. The minimum atomic E-state index is -4.06. The fraction of sp³-hybridized carbons (Fsp3) is 0.286. The zero-order valence-electron chi connectivity index (χ0n) is 21.3. The first-order valence-electron chi connectivity index (χ1n) is 12.3. The maximum atomic E-state index is 13.8. The average molecular weight is 712 g/mol. The highest BCUT2D eigenvalue weighted by molar-refractivity contribution is 14.1. The summed E-state index contributed by atoms with van der Waals surface area (Å²) in [7, 11) is -4.06. The maximum Gasteiger partial charge on any atom is 0.264 e. The Bertz CT molecular complexity index is 1320. The summed E-state index contributed by atoms with van der Waals surface area (Å²) >= 11 is 5.56. The van der Waals surface area contributed by atoms with Crippen LogP contribution in [0.15, 0.2) is 88.2 Å². The summed E-state index contributed by atoms with van der Waals surface area (Å²) in [6.45, 7) is 3.91. The summed E-state index contributed by atoms with van der Waals surface area (Å²) in [6, 6.07) is 21.6. The van der Waals surface area contributed by atoms with Gasteiger partial charge < -0.3 is 10.2 Å². The van der Waals surface area contributed by atoms with Gasteiger partial charge in [-0.05, 0) is 90.0 Å². The first-order valence-corrected chi connectivity index (χ1v) is 15.6. The van der Waals surface area contributed by atoms with Crippen molar-refractivity contribution in [3.8, 4) is 0 Å². The predicted octanol–water partition coefficient (Wildman–Crippen LogP) is 5.58. The van der Waals surface area contributed by atoms with Gasteiger partial charge in [-0.2, -0.15) is 0 Å². The third kappa shape index (κ3) is 8.03. The van der Waals surface area contributed by atoms with Crippen LogP contribution in [0.3, 0.4) is 0 Å². The first-order chi connectivity index (χ1) is 18.1. The molecular weight excluding hydrogens is 681 g/mol. The number of carbonyl (C=O) groups is 2.